The first kappa shape index (κ1) is 14.5. The Morgan fingerprint density at radius 2 is 2.10 bits per heavy atom. The van der Waals surface area contributed by atoms with E-state index in [0.29, 0.717) is 18.1 Å². The number of anilines is 1. The monoisotopic (exact) mass is 296 g/mol. The summed E-state index contributed by atoms with van der Waals surface area (Å²) in [4.78, 5) is 11.8. The van der Waals surface area contributed by atoms with Crippen molar-refractivity contribution in [3.8, 4) is 11.8 Å². The number of benzene rings is 1. The minimum atomic E-state index is -0.452. The van der Waals surface area contributed by atoms with E-state index >= 15 is 0 Å². The van der Waals surface area contributed by atoms with E-state index in [4.69, 9.17) is 16.3 Å². The molecule has 0 atom stereocenters. The zero-order chi connectivity index (χ0) is 14.5. The highest BCUT2D eigenvalue weighted by molar-refractivity contribution is 6.28. The Balaban J connectivity index is 2.24. The van der Waals surface area contributed by atoms with Crippen molar-refractivity contribution in [2.24, 2.45) is 0 Å². The van der Waals surface area contributed by atoms with Crippen LogP contribution in [0.5, 0.6) is 11.8 Å². The number of aromatic nitrogens is 3. The Labute approximate surface area is 121 Å². The summed E-state index contributed by atoms with van der Waals surface area (Å²) >= 11 is 5.79. The van der Waals surface area contributed by atoms with Gasteiger partial charge in [-0.2, -0.15) is 15.0 Å². The summed E-state index contributed by atoms with van der Waals surface area (Å²) in [5.74, 6) is -0.101. The smallest absolute Gasteiger partial charge is 0.328 e. The van der Waals surface area contributed by atoms with Crippen molar-refractivity contribution in [2.75, 3.05) is 11.9 Å². The molecule has 20 heavy (non-hydrogen) atoms. The molecule has 0 amide bonds. The van der Waals surface area contributed by atoms with Gasteiger partial charge in [0.25, 0.3) is 0 Å². The Bertz CT molecular complexity index is 609. The van der Waals surface area contributed by atoms with E-state index in [-0.39, 0.29) is 17.0 Å². The molecule has 0 aliphatic rings. The first-order chi connectivity index (χ1) is 9.60. The number of nitrogens with one attached hydrogen (secondary N) is 1. The van der Waals surface area contributed by atoms with Gasteiger partial charge in [-0.3, -0.25) is 0 Å². The molecule has 0 radical (unpaired) electrons. The third kappa shape index (κ3) is 3.54. The van der Waals surface area contributed by atoms with Crippen LogP contribution in [-0.4, -0.2) is 21.5 Å². The van der Waals surface area contributed by atoms with Crippen LogP contribution in [0.4, 0.5) is 10.3 Å². The summed E-state index contributed by atoms with van der Waals surface area (Å²) in [5, 5.41) is 2.95. The maximum atomic E-state index is 13.8. The van der Waals surface area contributed by atoms with Crippen LogP contribution in [0.25, 0.3) is 0 Å². The average molecular weight is 297 g/mol. The van der Waals surface area contributed by atoms with E-state index < -0.39 is 5.82 Å². The highest BCUT2D eigenvalue weighted by Gasteiger charge is 2.11. The Morgan fingerprint density at radius 3 is 2.85 bits per heavy atom. The molecule has 2 aromatic rings. The molecule has 0 aliphatic carbocycles. The van der Waals surface area contributed by atoms with Crippen LogP contribution in [0.15, 0.2) is 18.2 Å². The molecule has 1 heterocycles. The largest absolute Gasteiger partial charge is 0.421 e. The molecule has 0 spiro atoms. The number of nitrogens with zero attached hydrogens (tertiary/aromatic N) is 3. The standard InChI is InChI=1S/C13H14ClFN4O/c1-3-7-16-12-17-11(14)18-13(19-12)20-9-6-4-5-8(2)10(9)15/h4-6H,3,7H2,1-2H3,(H,16,17,18,19). The van der Waals surface area contributed by atoms with Gasteiger partial charge in [0.1, 0.15) is 0 Å². The van der Waals surface area contributed by atoms with Crippen LogP contribution in [0.2, 0.25) is 5.28 Å². The zero-order valence-corrected chi connectivity index (χ0v) is 11.9. The molecule has 106 valence electrons. The van der Waals surface area contributed by atoms with Crippen LogP contribution >= 0.6 is 11.6 Å². The van der Waals surface area contributed by atoms with Gasteiger partial charge in [0, 0.05) is 6.54 Å². The number of rotatable bonds is 5. The lowest BCUT2D eigenvalue weighted by Gasteiger charge is -2.08. The van der Waals surface area contributed by atoms with Gasteiger partial charge in [0.2, 0.25) is 11.2 Å². The molecule has 7 heteroatoms. The maximum Gasteiger partial charge on any atom is 0.328 e. The normalized spacial score (nSPS) is 10.4. The Kier molecular flexibility index (Phi) is 4.68. The second kappa shape index (κ2) is 6.47. The lowest BCUT2D eigenvalue weighted by molar-refractivity contribution is 0.408. The maximum absolute atomic E-state index is 13.8. The molecule has 0 aliphatic heterocycles. The predicted molar refractivity (Wildman–Crippen MR) is 74.8 cm³/mol. The number of ether oxygens (including phenoxy) is 1. The zero-order valence-electron chi connectivity index (χ0n) is 11.2. The lowest BCUT2D eigenvalue weighted by Crippen LogP contribution is -2.06. The minimum absolute atomic E-state index is 0.0123. The summed E-state index contributed by atoms with van der Waals surface area (Å²) in [6, 6.07) is 4.79. The molecule has 0 fully saturated rings. The fourth-order valence-electron chi connectivity index (χ4n) is 1.49. The van der Waals surface area contributed by atoms with E-state index in [1.54, 1.807) is 19.1 Å². The number of halogens is 2. The minimum Gasteiger partial charge on any atom is -0.421 e. The lowest BCUT2D eigenvalue weighted by atomic mass is 10.2. The van der Waals surface area contributed by atoms with Crippen molar-refractivity contribution in [1.82, 2.24) is 15.0 Å². The quantitative estimate of drug-likeness (QED) is 0.913. The van der Waals surface area contributed by atoms with Crippen molar-refractivity contribution in [3.63, 3.8) is 0 Å². The van der Waals surface area contributed by atoms with Gasteiger partial charge in [-0.15, -0.1) is 0 Å². The van der Waals surface area contributed by atoms with Gasteiger partial charge in [0.05, 0.1) is 0 Å². The number of aryl methyl sites for hydroxylation is 1. The molecule has 0 saturated heterocycles. The van der Waals surface area contributed by atoms with E-state index in [1.165, 1.54) is 6.07 Å². The van der Waals surface area contributed by atoms with E-state index in [2.05, 4.69) is 20.3 Å². The van der Waals surface area contributed by atoms with Gasteiger partial charge in [-0.1, -0.05) is 19.1 Å². The molecule has 2 rings (SSSR count). The second-order valence-electron chi connectivity index (χ2n) is 4.13. The van der Waals surface area contributed by atoms with Crippen molar-refractivity contribution >= 4 is 17.5 Å². The highest BCUT2D eigenvalue weighted by atomic mass is 35.5. The summed E-state index contributed by atoms with van der Waals surface area (Å²) in [5.41, 5.74) is 0.479. The second-order valence-corrected chi connectivity index (χ2v) is 4.46. The molecule has 0 saturated carbocycles. The first-order valence-electron chi connectivity index (χ1n) is 6.18. The fourth-order valence-corrected chi connectivity index (χ4v) is 1.64. The predicted octanol–water partition coefficient (Wildman–Crippen LogP) is 3.59. The third-order valence-corrected chi connectivity index (χ3v) is 2.65. The van der Waals surface area contributed by atoms with Crippen LogP contribution in [0.3, 0.4) is 0 Å². The molecule has 1 N–H and O–H groups in total. The van der Waals surface area contributed by atoms with Crippen molar-refractivity contribution in [3.05, 3.63) is 34.9 Å². The van der Waals surface area contributed by atoms with E-state index in [1.807, 2.05) is 6.92 Å². The number of hydrogen-bond donors (Lipinski definition) is 1. The third-order valence-electron chi connectivity index (χ3n) is 2.48. The molecule has 0 bridgehead atoms. The van der Waals surface area contributed by atoms with Gasteiger partial charge >= 0.3 is 6.01 Å². The van der Waals surface area contributed by atoms with E-state index in [0.717, 1.165) is 6.42 Å². The van der Waals surface area contributed by atoms with Gasteiger partial charge in [-0.05, 0) is 36.6 Å². The molecular weight excluding hydrogens is 283 g/mol. The molecule has 0 unspecified atom stereocenters. The van der Waals surface area contributed by atoms with Crippen molar-refractivity contribution < 1.29 is 9.13 Å². The Morgan fingerprint density at radius 1 is 1.30 bits per heavy atom. The highest BCUT2D eigenvalue weighted by Crippen LogP contribution is 2.24. The summed E-state index contributed by atoms with van der Waals surface area (Å²) in [6.45, 7) is 4.35. The SMILES string of the molecule is CCCNc1nc(Cl)nc(Oc2cccc(C)c2F)n1. The van der Waals surface area contributed by atoms with Crippen LogP contribution in [-0.2, 0) is 0 Å². The van der Waals surface area contributed by atoms with Gasteiger partial charge in [0.15, 0.2) is 11.6 Å². The number of hydrogen-bond acceptors (Lipinski definition) is 5. The van der Waals surface area contributed by atoms with Gasteiger partial charge < -0.3 is 10.1 Å². The van der Waals surface area contributed by atoms with Crippen LogP contribution < -0.4 is 10.1 Å². The van der Waals surface area contributed by atoms with Crippen molar-refractivity contribution in [2.45, 2.75) is 20.3 Å². The average Bonchev–Trinajstić information content (AvgIpc) is 2.41. The van der Waals surface area contributed by atoms with Crippen LogP contribution in [0, 0.1) is 12.7 Å². The Hall–Kier alpha value is -1.95. The first-order valence-corrected chi connectivity index (χ1v) is 6.56. The summed E-state index contributed by atoms with van der Waals surface area (Å²) < 4.78 is 19.2. The molecule has 5 nitrogen and oxygen atoms in total. The molecule has 1 aromatic carbocycles. The molecular formula is C13H14ClFN4O. The van der Waals surface area contributed by atoms with Crippen LogP contribution in [0.1, 0.15) is 18.9 Å². The summed E-state index contributed by atoms with van der Waals surface area (Å²) in [7, 11) is 0. The van der Waals surface area contributed by atoms with Crippen molar-refractivity contribution in [1.29, 1.82) is 0 Å². The molecule has 1 aromatic heterocycles. The van der Waals surface area contributed by atoms with E-state index in [9.17, 15) is 4.39 Å². The van der Waals surface area contributed by atoms with Gasteiger partial charge in [-0.25, -0.2) is 4.39 Å². The summed E-state index contributed by atoms with van der Waals surface area (Å²) in [6.07, 6.45) is 0.909. The fraction of sp³-hybridized carbons (Fsp3) is 0.308. The topological polar surface area (TPSA) is 59.9 Å².